The van der Waals surface area contributed by atoms with E-state index in [4.69, 9.17) is 10.5 Å². The topological polar surface area (TPSA) is 35.2 Å². The molecule has 0 spiro atoms. The molecule has 0 aliphatic carbocycles. The number of nitrogens with two attached hydrogens (primary N) is 1. The van der Waals surface area contributed by atoms with Crippen LogP contribution in [0.2, 0.25) is 0 Å². The lowest BCUT2D eigenvalue weighted by Crippen LogP contribution is -2.24. The second kappa shape index (κ2) is 7.41. The van der Waals surface area contributed by atoms with Gasteiger partial charge in [-0.1, -0.05) is 19.1 Å². The van der Waals surface area contributed by atoms with Gasteiger partial charge in [-0.05, 0) is 48.9 Å². The molecule has 0 aromatic heterocycles. The quantitative estimate of drug-likeness (QED) is 0.794. The minimum atomic E-state index is -0.189. The minimum Gasteiger partial charge on any atom is -0.385 e. The Balaban J connectivity index is 2.53. The zero-order chi connectivity index (χ0) is 12.7. The van der Waals surface area contributed by atoms with Crippen molar-refractivity contribution in [1.29, 1.82) is 0 Å². The molecule has 17 heavy (non-hydrogen) atoms. The van der Waals surface area contributed by atoms with Gasteiger partial charge in [-0.25, -0.2) is 4.39 Å². The van der Waals surface area contributed by atoms with Gasteiger partial charge in [-0.15, -0.1) is 0 Å². The third-order valence-electron chi connectivity index (χ3n) is 3.30. The van der Waals surface area contributed by atoms with Gasteiger partial charge in [0.2, 0.25) is 0 Å². The molecule has 0 saturated carbocycles. The summed E-state index contributed by atoms with van der Waals surface area (Å²) in [5, 5.41) is 0. The highest BCUT2D eigenvalue weighted by Crippen LogP contribution is 2.19. The van der Waals surface area contributed by atoms with E-state index in [0.29, 0.717) is 18.4 Å². The van der Waals surface area contributed by atoms with Gasteiger partial charge in [-0.3, -0.25) is 0 Å². The van der Waals surface area contributed by atoms with Crippen molar-refractivity contribution in [2.24, 2.45) is 17.6 Å². The van der Waals surface area contributed by atoms with Crippen molar-refractivity contribution in [3.05, 3.63) is 35.6 Å². The fourth-order valence-corrected chi connectivity index (χ4v) is 1.98. The lowest BCUT2D eigenvalue weighted by molar-refractivity contribution is 0.166. The maximum Gasteiger partial charge on any atom is 0.123 e. The fourth-order valence-electron chi connectivity index (χ4n) is 1.98. The summed E-state index contributed by atoms with van der Waals surface area (Å²) >= 11 is 0. The molecule has 2 atom stereocenters. The first-order valence-electron chi connectivity index (χ1n) is 6.10. The molecule has 0 radical (unpaired) electrons. The van der Waals surface area contributed by atoms with Crippen molar-refractivity contribution >= 4 is 0 Å². The molecule has 3 heteroatoms. The van der Waals surface area contributed by atoms with Crippen molar-refractivity contribution in [3.63, 3.8) is 0 Å². The highest BCUT2D eigenvalue weighted by Gasteiger charge is 2.16. The van der Waals surface area contributed by atoms with Crippen LogP contribution in [0.4, 0.5) is 4.39 Å². The maximum atomic E-state index is 12.8. The minimum absolute atomic E-state index is 0.189. The number of methoxy groups -OCH3 is 1. The third-order valence-corrected chi connectivity index (χ3v) is 3.30. The summed E-state index contributed by atoms with van der Waals surface area (Å²) in [6.45, 7) is 3.61. The Bertz CT molecular complexity index is 313. The Kier molecular flexibility index (Phi) is 6.16. The number of halogens is 1. The van der Waals surface area contributed by atoms with Gasteiger partial charge in [0.1, 0.15) is 5.82 Å². The van der Waals surface area contributed by atoms with Gasteiger partial charge in [-0.2, -0.15) is 0 Å². The summed E-state index contributed by atoms with van der Waals surface area (Å²) in [5.41, 5.74) is 6.95. The highest BCUT2D eigenvalue weighted by atomic mass is 19.1. The first-order chi connectivity index (χ1) is 8.17. The Morgan fingerprint density at radius 1 is 1.29 bits per heavy atom. The predicted octanol–water partition coefficient (Wildman–Crippen LogP) is 2.62. The molecule has 0 amide bonds. The van der Waals surface area contributed by atoms with Gasteiger partial charge < -0.3 is 10.5 Å². The van der Waals surface area contributed by atoms with E-state index in [0.717, 1.165) is 25.0 Å². The lowest BCUT2D eigenvalue weighted by atomic mass is 9.86. The van der Waals surface area contributed by atoms with E-state index < -0.39 is 0 Å². The second-order valence-corrected chi connectivity index (χ2v) is 4.59. The van der Waals surface area contributed by atoms with Crippen molar-refractivity contribution in [2.75, 3.05) is 20.3 Å². The summed E-state index contributed by atoms with van der Waals surface area (Å²) in [4.78, 5) is 0. The van der Waals surface area contributed by atoms with Crippen LogP contribution in [0.25, 0.3) is 0 Å². The van der Waals surface area contributed by atoms with Crippen LogP contribution < -0.4 is 5.73 Å². The van der Waals surface area contributed by atoms with Crippen LogP contribution in [0.1, 0.15) is 18.9 Å². The molecular formula is C14H22FNO. The number of hydrogen-bond acceptors (Lipinski definition) is 2. The summed E-state index contributed by atoms with van der Waals surface area (Å²) in [6, 6.07) is 6.67. The average molecular weight is 239 g/mol. The Labute approximate surface area is 103 Å². The van der Waals surface area contributed by atoms with E-state index in [2.05, 4.69) is 6.92 Å². The SMILES string of the molecule is COCCC(C)C(CN)Cc1ccc(F)cc1. The van der Waals surface area contributed by atoms with E-state index in [9.17, 15) is 4.39 Å². The largest absolute Gasteiger partial charge is 0.385 e. The Morgan fingerprint density at radius 2 is 1.94 bits per heavy atom. The van der Waals surface area contributed by atoms with Crippen LogP contribution in [0, 0.1) is 17.7 Å². The summed E-state index contributed by atoms with van der Waals surface area (Å²) in [7, 11) is 1.71. The van der Waals surface area contributed by atoms with E-state index >= 15 is 0 Å². The molecule has 0 bridgehead atoms. The van der Waals surface area contributed by atoms with Crippen LogP contribution in [-0.2, 0) is 11.2 Å². The van der Waals surface area contributed by atoms with Crippen molar-refractivity contribution in [2.45, 2.75) is 19.8 Å². The fraction of sp³-hybridized carbons (Fsp3) is 0.571. The zero-order valence-corrected chi connectivity index (χ0v) is 10.7. The molecular weight excluding hydrogens is 217 g/mol. The van der Waals surface area contributed by atoms with Crippen LogP contribution >= 0.6 is 0 Å². The molecule has 96 valence electrons. The molecule has 0 aliphatic rings. The van der Waals surface area contributed by atoms with Crippen LogP contribution in [-0.4, -0.2) is 20.3 Å². The third kappa shape index (κ3) is 4.84. The number of ether oxygens (including phenoxy) is 1. The monoisotopic (exact) mass is 239 g/mol. The van der Waals surface area contributed by atoms with Gasteiger partial charge in [0.25, 0.3) is 0 Å². The molecule has 2 nitrogen and oxygen atoms in total. The maximum absolute atomic E-state index is 12.8. The highest BCUT2D eigenvalue weighted by molar-refractivity contribution is 5.16. The zero-order valence-electron chi connectivity index (χ0n) is 10.7. The van der Waals surface area contributed by atoms with Gasteiger partial charge in [0.15, 0.2) is 0 Å². The van der Waals surface area contributed by atoms with Gasteiger partial charge in [0.05, 0.1) is 0 Å². The molecule has 2 N–H and O–H groups in total. The Hall–Kier alpha value is -0.930. The normalized spacial score (nSPS) is 14.6. The first kappa shape index (κ1) is 14.1. The standard InChI is InChI=1S/C14H22FNO/c1-11(7-8-17-2)13(10-16)9-12-3-5-14(15)6-4-12/h3-6,11,13H,7-10,16H2,1-2H3. The average Bonchev–Trinajstić information content (AvgIpc) is 2.35. The molecule has 2 unspecified atom stereocenters. The van der Waals surface area contributed by atoms with E-state index in [1.807, 2.05) is 12.1 Å². The van der Waals surface area contributed by atoms with Crippen LogP contribution in [0.3, 0.4) is 0 Å². The number of rotatable bonds is 7. The van der Waals surface area contributed by atoms with Crippen molar-refractivity contribution < 1.29 is 9.13 Å². The van der Waals surface area contributed by atoms with Crippen molar-refractivity contribution in [3.8, 4) is 0 Å². The number of hydrogen-bond donors (Lipinski definition) is 1. The summed E-state index contributed by atoms with van der Waals surface area (Å²) in [6.07, 6.45) is 1.92. The molecule has 0 aliphatic heterocycles. The van der Waals surface area contributed by atoms with Crippen LogP contribution in [0.15, 0.2) is 24.3 Å². The predicted molar refractivity (Wildman–Crippen MR) is 68.3 cm³/mol. The number of benzene rings is 1. The van der Waals surface area contributed by atoms with E-state index in [1.54, 1.807) is 7.11 Å². The van der Waals surface area contributed by atoms with Crippen LogP contribution in [0.5, 0.6) is 0 Å². The molecule has 1 aromatic carbocycles. The van der Waals surface area contributed by atoms with E-state index in [-0.39, 0.29) is 5.82 Å². The van der Waals surface area contributed by atoms with Gasteiger partial charge >= 0.3 is 0 Å². The summed E-state index contributed by atoms with van der Waals surface area (Å²) in [5.74, 6) is 0.756. The van der Waals surface area contributed by atoms with Gasteiger partial charge in [0, 0.05) is 13.7 Å². The summed E-state index contributed by atoms with van der Waals surface area (Å²) < 4.78 is 17.9. The van der Waals surface area contributed by atoms with Crippen molar-refractivity contribution in [1.82, 2.24) is 0 Å². The Morgan fingerprint density at radius 3 is 2.47 bits per heavy atom. The van der Waals surface area contributed by atoms with E-state index in [1.165, 1.54) is 12.1 Å². The molecule has 1 aromatic rings. The molecule has 0 fully saturated rings. The second-order valence-electron chi connectivity index (χ2n) is 4.59. The molecule has 0 heterocycles. The smallest absolute Gasteiger partial charge is 0.123 e. The molecule has 0 saturated heterocycles. The first-order valence-corrected chi connectivity index (χ1v) is 6.10. The lowest BCUT2D eigenvalue weighted by Gasteiger charge is -2.22. The molecule has 1 rings (SSSR count).